The van der Waals surface area contributed by atoms with Crippen LogP contribution in [0.4, 0.5) is 10.1 Å². The van der Waals surface area contributed by atoms with Crippen LogP contribution in [0.3, 0.4) is 0 Å². The Balaban J connectivity index is 1.98. The molecule has 0 saturated heterocycles. The van der Waals surface area contributed by atoms with Crippen LogP contribution in [0.2, 0.25) is 5.02 Å². The second-order valence-electron chi connectivity index (χ2n) is 5.73. The van der Waals surface area contributed by atoms with E-state index in [1.165, 1.54) is 24.3 Å². The predicted molar refractivity (Wildman–Crippen MR) is 95.8 cm³/mol. The molecule has 2 aromatic carbocycles. The van der Waals surface area contributed by atoms with Crippen LogP contribution in [0.5, 0.6) is 0 Å². The Morgan fingerprint density at radius 1 is 1.16 bits per heavy atom. The van der Waals surface area contributed by atoms with E-state index in [1.807, 2.05) is 13.8 Å². The van der Waals surface area contributed by atoms with Crippen LogP contribution < -0.4 is 10.0 Å². The van der Waals surface area contributed by atoms with E-state index in [-0.39, 0.29) is 21.5 Å². The van der Waals surface area contributed by atoms with Gasteiger partial charge in [-0.05, 0) is 41.8 Å². The maximum Gasteiger partial charge on any atom is 0.241 e. The van der Waals surface area contributed by atoms with Crippen molar-refractivity contribution < 1.29 is 17.6 Å². The highest BCUT2D eigenvalue weighted by atomic mass is 35.5. The van der Waals surface area contributed by atoms with Gasteiger partial charge in [-0.1, -0.05) is 37.6 Å². The summed E-state index contributed by atoms with van der Waals surface area (Å²) in [5.74, 6) is -0.909. The summed E-state index contributed by atoms with van der Waals surface area (Å²) in [6.07, 6.45) is 0. The highest BCUT2D eigenvalue weighted by Gasteiger charge is 2.16. The molecule has 25 heavy (non-hydrogen) atoms. The SMILES string of the molecule is CC(C)c1ccc(S(=O)(=O)NCC(=O)Nc2ccc(F)c(Cl)c2)cc1. The highest BCUT2D eigenvalue weighted by Crippen LogP contribution is 2.19. The van der Waals surface area contributed by atoms with E-state index in [0.717, 1.165) is 11.6 Å². The van der Waals surface area contributed by atoms with E-state index in [2.05, 4.69) is 10.0 Å². The number of benzene rings is 2. The Morgan fingerprint density at radius 3 is 2.36 bits per heavy atom. The zero-order chi connectivity index (χ0) is 18.6. The summed E-state index contributed by atoms with van der Waals surface area (Å²) < 4.78 is 39.7. The van der Waals surface area contributed by atoms with Gasteiger partial charge < -0.3 is 5.32 Å². The summed E-state index contributed by atoms with van der Waals surface area (Å²) >= 11 is 5.62. The van der Waals surface area contributed by atoms with Crippen molar-refractivity contribution in [3.05, 3.63) is 58.9 Å². The topological polar surface area (TPSA) is 75.3 Å². The fourth-order valence-electron chi connectivity index (χ4n) is 2.05. The normalized spacial score (nSPS) is 11.6. The number of nitrogens with one attached hydrogen (secondary N) is 2. The lowest BCUT2D eigenvalue weighted by Gasteiger charge is -2.10. The second-order valence-corrected chi connectivity index (χ2v) is 7.90. The molecule has 134 valence electrons. The van der Waals surface area contributed by atoms with Crippen LogP contribution >= 0.6 is 11.6 Å². The third-order valence-electron chi connectivity index (χ3n) is 3.48. The van der Waals surface area contributed by atoms with Gasteiger partial charge in [0, 0.05) is 5.69 Å². The second kappa shape index (κ2) is 7.95. The summed E-state index contributed by atoms with van der Waals surface area (Å²) in [5, 5.41) is 2.31. The molecule has 0 aliphatic heterocycles. The number of hydrogen-bond acceptors (Lipinski definition) is 3. The van der Waals surface area contributed by atoms with Crippen LogP contribution in [0.15, 0.2) is 47.4 Å². The van der Waals surface area contributed by atoms with Crippen molar-refractivity contribution in [1.82, 2.24) is 4.72 Å². The number of anilines is 1. The van der Waals surface area contributed by atoms with Crippen molar-refractivity contribution in [2.45, 2.75) is 24.7 Å². The standard InChI is InChI=1S/C17H18ClFN2O3S/c1-11(2)12-3-6-14(7-4-12)25(23,24)20-10-17(22)21-13-5-8-16(19)15(18)9-13/h3-9,11,20H,10H2,1-2H3,(H,21,22). The molecule has 0 fully saturated rings. The number of rotatable bonds is 6. The van der Waals surface area contributed by atoms with E-state index in [4.69, 9.17) is 11.6 Å². The van der Waals surface area contributed by atoms with Gasteiger partial charge in [0.15, 0.2) is 0 Å². The molecule has 2 aromatic rings. The summed E-state index contributed by atoms with van der Waals surface area (Å²) in [5.41, 5.74) is 1.29. The van der Waals surface area contributed by atoms with Gasteiger partial charge in [-0.15, -0.1) is 0 Å². The summed E-state index contributed by atoms with van der Waals surface area (Å²) in [7, 11) is -3.80. The molecule has 0 unspecified atom stereocenters. The van der Waals surface area contributed by atoms with Crippen LogP contribution in [-0.2, 0) is 14.8 Å². The largest absolute Gasteiger partial charge is 0.325 e. The van der Waals surface area contributed by atoms with Crippen LogP contribution in [0, 0.1) is 5.82 Å². The fraction of sp³-hybridized carbons (Fsp3) is 0.235. The predicted octanol–water partition coefficient (Wildman–Crippen LogP) is 3.52. The average molecular weight is 385 g/mol. The molecular weight excluding hydrogens is 367 g/mol. The quantitative estimate of drug-likeness (QED) is 0.800. The first-order valence-electron chi connectivity index (χ1n) is 7.53. The molecule has 0 spiro atoms. The zero-order valence-electron chi connectivity index (χ0n) is 13.7. The molecule has 0 heterocycles. The molecule has 0 radical (unpaired) electrons. The molecule has 0 saturated carbocycles. The maximum atomic E-state index is 13.1. The molecule has 0 aromatic heterocycles. The summed E-state index contributed by atoms with van der Waals surface area (Å²) in [4.78, 5) is 11.9. The van der Waals surface area contributed by atoms with Crippen molar-refractivity contribution in [1.29, 1.82) is 0 Å². The molecule has 0 atom stereocenters. The monoisotopic (exact) mass is 384 g/mol. The number of amides is 1. The van der Waals surface area contributed by atoms with Crippen LogP contribution in [0.1, 0.15) is 25.3 Å². The number of carbonyl (C=O) groups excluding carboxylic acids is 1. The Labute approximate surface area is 151 Å². The Kier molecular flexibility index (Phi) is 6.16. The lowest BCUT2D eigenvalue weighted by Crippen LogP contribution is -2.32. The van der Waals surface area contributed by atoms with Gasteiger partial charge in [-0.25, -0.2) is 17.5 Å². The highest BCUT2D eigenvalue weighted by molar-refractivity contribution is 7.89. The van der Waals surface area contributed by atoms with E-state index in [9.17, 15) is 17.6 Å². The summed E-state index contributed by atoms with van der Waals surface area (Å²) in [6, 6.07) is 10.1. The minimum absolute atomic E-state index is 0.0783. The molecule has 1 amide bonds. The Hall–Kier alpha value is -1.96. The zero-order valence-corrected chi connectivity index (χ0v) is 15.3. The van der Waals surface area contributed by atoms with E-state index >= 15 is 0 Å². The van der Waals surface area contributed by atoms with E-state index < -0.39 is 28.3 Å². The molecule has 2 rings (SSSR count). The molecule has 5 nitrogen and oxygen atoms in total. The third kappa shape index (κ3) is 5.26. The first kappa shape index (κ1) is 19.4. The smallest absolute Gasteiger partial charge is 0.241 e. The van der Waals surface area contributed by atoms with Gasteiger partial charge in [0.05, 0.1) is 16.5 Å². The summed E-state index contributed by atoms with van der Waals surface area (Å²) in [6.45, 7) is 3.56. The molecule has 8 heteroatoms. The minimum atomic E-state index is -3.80. The van der Waals surface area contributed by atoms with Crippen molar-refractivity contribution in [2.24, 2.45) is 0 Å². The van der Waals surface area contributed by atoms with Crippen molar-refractivity contribution in [2.75, 3.05) is 11.9 Å². The van der Waals surface area contributed by atoms with Gasteiger partial charge >= 0.3 is 0 Å². The van der Waals surface area contributed by atoms with E-state index in [1.54, 1.807) is 12.1 Å². The lowest BCUT2D eigenvalue weighted by molar-refractivity contribution is -0.115. The average Bonchev–Trinajstić information content (AvgIpc) is 2.56. The molecule has 2 N–H and O–H groups in total. The first-order chi connectivity index (χ1) is 11.7. The van der Waals surface area contributed by atoms with Crippen molar-refractivity contribution in [3.63, 3.8) is 0 Å². The minimum Gasteiger partial charge on any atom is -0.325 e. The maximum absolute atomic E-state index is 13.1. The molecular formula is C17H18ClFN2O3S. The first-order valence-corrected chi connectivity index (χ1v) is 9.39. The van der Waals surface area contributed by atoms with Gasteiger partial charge in [0.1, 0.15) is 5.82 Å². The number of sulfonamides is 1. The molecule has 0 aliphatic rings. The van der Waals surface area contributed by atoms with E-state index in [0.29, 0.717) is 0 Å². The Morgan fingerprint density at radius 2 is 1.80 bits per heavy atom. The third-order valence-corrected chi connectivity index (χ3v) is 5.19. The van der Waals surface area contributed by atoms with Crippen LogP contribution in [0.25, 0.3) is 0 Å². The molecule has 0 bridgehead atoms. The van der Waals surface area contributed by atoms with Gasteiger partial charge in [-0.3, -0.25) is 4.79 Å². The molecule has 0 aliphatic carbocycles. The number of carbonyl (C=O) groups is 1. The fourth-order valence-corrected chi connectivity index (χ4v) is 3.22. The van der Waals surface area contributed by atoms with Crippen molar-refractivity contribution >= 4 is 33.2 Å². The van der Waals surface area contributed by atoms with Gasteiger partial charge in [0.25, 0.3) is 0 Å². The van der Waals surface area contributed by atoms with Gasteiger partial charge in [0.2, 0.25) is 15.9 Å². The van der Waals surface area contributed by atoms with Gasteiger partial charge in [-0.2, -0.15) is 0 Å². The lowest BCUT2D eigenvalue weighted by atomic mass is 10.0. The number of halogens is 2. The Bertz CT molecular complexity index is 868. The number of hydrogen-bond donors (Lipinski definition) is 2. The van der Waals surface area contributed by atoms with Crippen molar-refractivity contribution in [3.8, 4) is 0 Å². The van der Waals surface area contributed by atoms with Crippen LogP contribution in [-0.4, -0.2) is 20.9 Å².